The predicted molar refractivity (Wildman–Crippen MR) is 51.7 cm³/mol. The highest BCUT2D eigenvalue weighted by Gasteiger charge is 2.11. The second kappa shape index (κ2) is 3.48. The molecule has 1 rings (SSSR count). The molecule has 1 aromatic heterocycles. The molecule has 2 nitrogen and oxygen atoms in total. The van der Waals surface area contributed by atoms with Gasteiger partial charge in [-0.25, -0.2) is 0 Å². The Morgan fingerprint density at radius 2 is 1.83 bits per heavy atom. The molecule has 0 aliphatic heterocycles. The third kappa shape index (κ3) is 1.81. The first-order chi connectivity index (χ1) is 5.52. The van der Waals surface area contributed by atoms with Gasteiger partial charge in [-0.2, -0.15) is 9.30 Å². The summed E-state index contributed by atoms with van der Waals surface area (Å²) in [6.07, 6.45) is 0. The molecule has 0 fully saturated rings. The second-order valence-corrected chi connectivity index (χ2v) is 3.98. The molecule has 0 saturated heterocycles. The largest absolute Gasteiger partial charge is 0.176 e. The predicted octanol–water partition coefficient (Wildman–Crippen LogP) is 3.13. The minimum Gasteiger partial charge on any atom is -0.176 e. The summed E-state index contributed by atoms with van der Waals surface area (Å²) in [6.45, 7) is 8.45. The second-order valence-electron chi connectivity index (χ2n) is 3.66. The lowest BCUT2D eigenvalue weighted by atomic mass is 10.1. The monoisotopic (exact) mass is 186 g/mol. The van der Waals surface area contributed by atoms with Crippen LogP contribution >= 0.6 is 11.8 Å². The van der Waals surface area contributed by atoms with Gasteiger partial charge in [-0.3, -0.25) is 0 Å². The minimum atomic E-state index is 0.433. The van der Waals surface area contributed by atoms with E-state index in [-0.39, 0.29) is 0 Å². The molecule has 1 aromatic rings. The van der Waals surface area contributed by atoms with Crippen molar-refractivity contribution in [2.45, 2.75) is 39.5 Å². The van der Waals surface area contributed by atoms with Gasteiger partial charge in [-0.05, 0) is 17.9 Å². The van der Waals surface area contributed by atoms with Gasteiger partial charge < -0.3 is 0 Å². The first kappa shape index (κ1) is 9.59. The van der Waals surface area contributed by atoms with Gasteiger partial charge in [0.05, 0.1) is 11.4 Å². The highest BCUT2D eigenvalue weighted by atomic mass is 35.5. The molecule has 0 aliphatic carbocycles. The number of rotatable bonds is 2. The van der Waals surface area contributed by atoms with E-state index in [1.54, 1.807) is 0 Å². The van der Waals surface area contributed by atoms with Crippen LogP contribution in [0, 0.1) is 0 Å². The summed E-state index contributed by atoms with van der Waals surface area (Å²) in [5.41, 5.74) is 2.15. The van der Waals surface area contributed by atoms with E-state index < -0.39 is 0 Å². The van der Waals surface area contributed by atoms with E-state index in [2.05, 4.69) is 38.9 Å². The Labute approximate surface area is 78.6 Å². The van der Waals surface area contributed by atoms with Crippen LogP contribution in [0.5, 0.6) is 0 Å². The van der Waals surface area contributed by atoms with E-state index in [4.69, 9.17) is 11.8 Å². The van der Waals surface area contributed by atoms with Crippen LogP contribution in [0.1, 0.15) is 50.9 Å². The third-order valence-corrected chi connectivity index (χ3v) is 2.17. The Bertz CT molecular complexity index is 263. The zero-order valence-electron chi connectivity index (χ0n) is 8.00. The van der Waals surface area contributed by atoms with Gasteiger partial charge >= 0.3 is 0 Å². The maximum absolute atomic E-state index is 5.89. The maximum Gasteiger partial charge on any atom is 0.0668 e. The SMILES string of the molecule is CC(C)c1cc(C(C)C)n(Cl)n1. The maximum atomic E-state index is 5.89. The van der Waals surface area contributed by atoms with Crippen LogP contribution in [-0.4, -0.2) is 9.30 Å². The van der Waals surface area contributed by atoms with Gasteiger partial charge in [0.25, 0.3) is 0 Å². The molecule has 12 heavy (non-hydrogen) atoms. The summed E-state index contributed by atoms with van der Waals surface area (Å²) in [4.78, 5) is 0. The first-order valence-electron chi connectivity index (χ1n) is 4.28. The Balaban J connectivity index is 3.00. The third-order valence-electron chi connectivity index (χ3n) is 1.90. The van der Waals surface area contributed by atoms with Crippen molar-refractivity contribution in [1.29, 1.82) is 0 Å². The minimum absolute atomic E-state index is 0.433. The van der Waals surface area contributed by atoms with E-state index in [1.807, 2.05) is 0 Å². The number of halogens is 1. The Morgan fingerprint density at radius 3 is 2.08 bits per heavy atom. The van der Waals surface area contributed by atoms with E-state index in [0.717, 1.165) is 11.4 Å². The van der Waals surface area contributed by atoms with Crippen LogP contribution in [0.3, 0.4) is 0 Å². The van der Waals surface area contributed by atoms with Gasteiger partial charge in [0, 0.05) is 11.8 Å². The van der Waals surface area contributed by atoms with Crippen molar-refractivity contribution < 1.29 is 0 Å². The lowest BCUT2D eigenvalue weighted by Gasteiger charge is -2.00. The molecule has 0 atom stereocenters. The van der Waals surface area contributed by atoms with E-state index in [1.165, 1.54) is 4.20 Å². The molecule has 0 bridgehead atoms. The zero-order valence-corrected chi connectivity index (χ0v) is 8.76. The quantitative estimate of drug-likeness (QED) is 0.694. The molecule has 0 aromatic carbocycles. The summed E-state index contributed by atoms with van der Waals surface area (Å²) >= 11 is 5.89. The molecule has 1 heterocycles. The Kier molecular flexibility index (Phi) is 2.78. The van der Waals surface area contributed by atoms with Crippen molar-refractivity contribution in [1.82, 2.24) is 9.30 Å². The topological polar surface area (TPSA) is 17.8 Å². The molecule has 0 aliphatic rings. The summed E-state index contributed by atoms with van der Waals surface area (Å²) < 4.78 is 1.46. The van der Waals surface area contributed by atoms with E-state index in [0.29, 0.717) is 11.8 Å². The van der Waals surface area contributed by atoms with Gasteiger partial charge in [0.2, 0.25) is 0 Å². The smallest absolute Gasteiger partial charge is 0.0668 e. The first-order valence-corrected chi connectivity index (χ1v) is 4.62. The van der Waals surface area contributed by atoms with Crippen LogP contribution in [0.15, 0.2) is 6.07 Å². The van der Waals surface area contributed by atoms with Crippen molar-refractivity contribution in [3.05, 3.63) is 17.5 Å². The fourth-order valence-electron chi connectivity index (χ4n) is 1.05. The van der Waals surface area contributed by atoms with Crippen LogP contribution in [0.25, 0.3) is 0 Å². The van der Waals surface area contributed by atoms with Crippen molar-refractivity contribution in [2.75, 3.05) is 0 Å². The standard InChI is InChI=1S/C9H15ClN2/c1-6(2)8-5-9(7(3)4)12(10)11-8/h5-7H,1-4H3. The molecular weight excluding hydrogens is 172 g/mol. The van der Waals surface area contributed by atoms with Gasteiger partial charge in [0.15, 0.2) is 0 Å². The zero-order chi connectivity index (χ0) is 9.30. The molecule has 0 saturated carbocycles. The normalized spacial score (nSPS) is 11.6. The van der Waals surface area contributed by atoms with Crippen LogP contribution in [-0.2, 0) is 0 Å². The fraction of sp³-hybridized carbons (Fsp3) is 0.667. The van der Waals surface area contributed by atoms with Crippen molar-refractivity contribution in [3.8, 4) is 0 Å². The number of aromatic nitrogens is 2. The van der Waals surface area contributed by atoms with Crippen molar-refractivity contribution in [3.63, 3.8) is 0 Å². The number of hydrogen-bond donors (Lipinski definition) is 0. The number of nitrogens with zero attached hydrogens (tertiary/aromatic N) is 2. The molecule has 0 spiro atoms. The summed E-state index contributed by atoms with van der Waals surface area (Å²) in [5, 5.41) is 4.21. The summed E-state index contributed by atoms with van der Waals surface area (Å²) in [6, 6.07) is 2.07. The highest BCUT2D eigenvalue weighted by molar-refractivity contribution is 6.15. The highest BCUT2D eigenvalue weighted by Crippen LogP contribution is 2.20. The Morgan fingerprint density at radius 1 is 1.25 bits per heavy atom. The van der Waals surface area contributed by atoms with Gasteiger partial charge in [-0.1, -0.05) is 27.7 Å². The average molecular weight is 187 g/mol. The van der Waals surface area contributed by atoms with E-state index in [9.17, 15) is 0 Å². The summed E-state index contributed by atoms with van der Waals surface area (Å²) in [5.74, 6) is 0.880. The molecule has 0 N–H and O–H groups in total. The molecule has 0 unspecified atom stereocenters. The number of hydrogen-bond acceptors (Lipinski definition) is 1. The molecule has 0 radical (unpaired) electrons. The molecule has 0 amide bonds. The lowest BCUT2D eigenvalue weighted by molar-refractivity contribution is 0.759. The molecule has 3 heteroatoms. The average Bonchev–Trinajstić information content (AvgIpc) is 2.30. The summed E-state index contributed by atoms with van der Waals surface area (Å²) in [7, 11) is 0. The fourth-order valence-corrected chi connectivity index (χ4v) is 1.39. The Hall–Kier alpha value is -0.500. The van der Waals surface area contributed by atoms with E-state index >= 15 is 0 Å². The van der Waals surface area contributed by atoms with Crippen molar-refractivity contribution in [2.24, 2.45) is 0 Å². The van der Waals surface area contributed by atoms with Crippen molar-refractivity contribution >= 4 is 11.8 Å². The van der Waals surface area contributed by atoms with Gasteiger partial charge in [0.1, 0.15) is 0 Å². The molecule has 68 valence electrons. The van der Waals surface area contributed by atoms with Crippen LogP contribution in [0.2, 0.25) is 0 Å². The van der Waals surface area contributed by atoms with Crippen LogP contribution < -0.4 is 0 Å². The van der Waals surface area contributed by atoms with Crippen LogP contribution in [0.4, 0.5) is 0 Å². The molecular formula is C9H15ClN2. The van der Waals surface area contributed by atoms with Gasteiger partial charge in [-0.15, -0.1) is 0 Å². The lowest BCUT2D eigenvalue weighted by Crippen LogP contribution is -1.94.